The zero-order chi connectivity index (χ0) is 16.3. The molecule has 22 heavy (non-hydrogen) atoms. The maximum atomic E-state index is 12.4. The van der Waals surface area contributed by atoms with Gasteiger partial charge in [-0.05, 0) is 17.5 Å². The van der Waals surface area contributed by atoms with Crippen LogP contribution >= 0.6 is 0 Å². The fraction of sp³-hybridized carbons (Fsp3) is 0.312. The van der Waals surface area contributed by atoms with E-state index in [1.807, 2.05) is 13.8 Å². The fourth-order valence-electron chi connectivity index (χ4n) is 2.12. The topological polar surface area (TPSA) is 84.2 Å². The maximum Gasteiger partial charge on any atom is 0.330 e. The number of hydrogen-bond donors (Lipinski definition) is 2. The molecule has 1 aromatic carbocycles. The first-order valence-electron chi connectivity index (χ1n) is 7.02. The van der Waals surface area contributed by atoms with Gasteiger partial charge in [0.25, 0.3) is 5.91 Å². The van der Waals surface area contributed by atoms with Crippen LogP contribution in [-0.4, -0.2) is 26.8 Å². The predicted molar refractivity (Wildman–Crippen MR) is 81.6 cm³/mol. The van der Waals surface area contributed by atoms with Crippen molar-refractivity contribution in [1.29, 1.82) is 0 Å². The second-order valence-corrected chi connectivity index (χ2v) is 5.39. The van der Waals surface area contributed by atoms with E-state index >= 15 is 0 Å². The number of carboxylic acids is 1. The maximum absolute atomic E-state index is 12.4. The lowest BCUT2D eigenvalue weighted by molar-refractivity contribution is -0.139. The molecule has 0 saturated carbocycles. The minimum atomic E-state index is -1.11. The Balaban J connectivity index is 2.24. The van der Waals surface area contributed by atoms with Crippen molar-refractivity contribution in [3.8, 4) is 0 Å². The molecule has 0 aliphatic carbocycles. The Morgan fingerprint density at radius 1 is 1.23 bits per heavy atom. The van der Waals surface area contributed by atoms with Crippen molar-refractivity contribution in [3.63, 3.8) is 0 Å². The third kappa shape index (κ3) is 3.33. The summed E-state index contributed by atoms with van der Waals surface area (Å²) in [6.07, 6.45) is 0. The molecule has 0 fully saturated rings. The molecule has 0 spiro atoms. The summed E-state index contributed by atoms with van der Waals surface area (Å²) in [7, 11) is 1.67. The molecule has 2 aromatic rings. The van der Waals surface area contributed by atoms with Crippen molar-refractivity contribution in [3.05, 3.63) is 53.3 Å². The lowest BCUT2D eigenvalue weighted by Gasteiger charge is -2.14. The number of aromatic nitrogens is 2. The lowest BCUT2D eigenvalue weighted by atomic mass is 10.1. The Hall–Kier alpha value is -2.63. The van der Waals surface area contributed by atoms with Crippen molar-refractivity contribution in [1.82, 2.24) is 15.1 Å². The van der Waals surface area contributed by atoms with Crippen LogP contribution in [0.5, 0.6) is 0 Å². The number of amides is 1. The van der Waals surface area contributed by atoms with Gasteiger partial charge in [-0.25, -0.2) is 4.79 Å². The van der Waals surface area contributed by atoms with E-state index < -0.39 is 17.9 Å². The number of nitrogens with one attached hydrogen (secondary N) is 1. The van der Waals surface area contributed by atoms with E-state index in [4.69, 9.17) is 0 Å². The first-order valence-corrected chi connectivity index (χ1v) is 7.02. The van der Waals surface area contributed by atoms with Crippen LogP contribution in [0.1, 0.15) is 47.6 Å². The van der Waals surface area contributed by atoms with E-state index in [-0.39, 0.29) is 5.92 Å². The SMILES string of the molecule is CC(C)c1cc(C(=O)N[C@@H](C(=O)O)c2ccccc2)n(C)n1. The van der Waals surface area contributed by atoms with Crippen LogP contribution in [0, 0.1) is 0 Å². The van der Waals surface area contributed by atoms with Gasteiger partial charge in [-0.15, -0.1) is 0 Å². The van der Waals surface area contributed by atoms with Crippen molar-refractivity contribution >= 4 is 11.9 Å². The second-order valence-electron chi connectivity index (χ2n) is 5.39. The van der Waals surface area contributed by atoms with E-state index in [2.05, 4.69) is 10.4 Å². The van der Waals surface area contributed by atoms with Crippen molar-refractivity contribution in [2.24, 2.45) is 7.05 Å². The Morgan fingerprint density at radius 2 is 1.86 bits per heavy atom. The molecule has 1 heterocycles. The highest BCUT2D eigenvalue weighted by atomic mass is 16.4. The molecule has 0 bridgehead atoms. The number of carbonyl (C=O) groups is 2. The molecule has 0 saturated heterocycles. The zero-order valence-corrected chi connectivity index (χ0v) is 12.8. The van der Waals surface area contributed by atoms with Crippen LogP contribution in [0.3, 0.4) is 0 Å². The highest BCUT2D eigenvalue weighted by molar-refractivity contribution is 5.95. The summed E-state index contributed by atoms with van der Waals surface area (Å²) in [6, 6.07) is 9.19. The highest BCUT2D eigenvalue weighted by Crippen LogP contribution is 2.16. The molecule has 6 heteroatoms. The molecule has 0 unspecified atom stereocenters. The Morgan fingerprint density at radius 3 is 2.36 bits per heavy atom. The first kappa shape index (κ1) is 15.8. The van der Waals surface area contributed by atoms with Gasteiger partial charge in [0, 0.05) is 7.05 Å². The van der Waals surface area contributed by atoms with Crippen molar-refractivity contribution in [2.75, 3.05) is 0 Å². The second kappa shape index (κ2) is 6.43. The smallest absolute Gasteiger partial charge is 0.330 e. The molecule has 0 aliphatic heterocycles. The molecular formula is C16H19N3O3. The van der Waals surface area contributed by atoms with Gasteiger partial charge in [0.05, 0.1) is 5.69 Å². The molecule has 1 atom stereocenters. The monoisotopic (exact) mass is 301 g/mol. The molecule has 2 N–H and O–H groups in total. The standard InChI is InChI=1S/C16H19N3O3/c1-10(2)12-9-13(19(3)18-12)15(20)17-14(16(21)22)11-7-5-4-6-8-11/h4-10,14H,1-3H3,(H,17,20)(H,21,22)/t14-/m1/s1. The normalized spacial score (nSPS) is 12.2. The van der Waals surface area contributed by atoms with E-state index in [0.29, 0.717) is 11.3 Å². The van der Waals surface area contributed by atoms with Gasteiger partial charge in [-0.2, -0.15) is 5.10 Å². The fourth-order valence-corrected chi connectivity index (χ4v) is 2.12. The first-order chi connectivity index (χ1) is 10.4. The number of hydrogen-bond acceptors (Lipinski definition) is 3. The molecule has 2 rings (SSSR count). The summed E-state index contributed by atoms with van der Waals surface area (Å²) in [6.45, 7) is 3.96. The molecule has 0 aliphatic rings. The third-order valence-electron chi connectivity index (χ3n) is 3.38. The van der Waals surface area contributed by atoms with Gasteiger partial charge < -0.3 is 10.4 Å². The molecule has 0 radical (unpaired) electrons. The summed E-state index contributed by atoms with van der Waals surface area (Å²) >= 11 is 0. The lowest BCUT2D eigenvalue weighted by Crippen LogP contribution is -2.34. The van der Waals surface area contributed by atoms with Crippen molar-refractivity contribution < 1.29 is 14.7 Å². The summed E-state index contributed by atoms with van der Waals surface area (Å²) in [5, 5.41) is 16.2. The third-order valence-corrected chi connectivity index (χ3v) is 3.38. The highest BCUT2D eigenvalue weighted by Gasteiger charge is 2.24. The van der Waals surface area contributed by atoms with Crippen LogP contribution in [0.15, 0.2) is 36.4 Å². The number of aryl methyl sites for hydroxylation is 1. The number of benzene rings is 1. The largest absolute Gasteiger partial charge is 0.479 e. The predicted octanol–water partition coefficient (Wildman–Crippen LogP) is 2.10. The Labute approximate surface area is 128 Å². The van der Waals surface area contributed by atoms with Crippen LogP contribution in [0.2, 0.25) is 0 Å². The molecule has 1 aromatic heterocycles. The summed E-state index contributed by atoms with van der Waals surface area (Å²) in [4.78, 5) is 23.8. The average Bonchev–Trinajstić information content (AvgIpc) is 2.87. The van der Waals surface area contributed by atoms with E-state index in [1.165, 1.54) is 4.68 Å². The molecule has 6 nitrogen and oxygen atoms in total. The van der Waals surface area contributed by atoms with E-state index in [1.54, 1.807) is 43.4 Å². The summed E-state index contributed by atoms with van der Waals surface area (Å²) in [5.41, 5.74) is 1.65. The van der Waals surface area contributed by atoms with Gasteiger partial charge in [0.15, 0.2) is 6.04 Å². The molecular weight excluding hydrogens is 282 g/mol. The van der Waals surface area contributed by atoms with Gasteiger partial charge >= 0.3 is 5.97 Å². The van der Waals surface area contributed by atoms with Crippen LogP contribution in [-0.2, 0) is 11.8 Å². The summed E-state index contributed by atoms with van der Waals surface area (Å²) < 4.78 is 1.47. The van der Waals surface area contributed by atoms with E-state index in [0.717, 1.165) is 5.69 Å². The molecule has 1 amide bonds. The van der Waals surface area contributed by atoms with E-state index in [9.17, 15) is 14.7 Å². The van der Waals surface area contributed by atoms with Gasteiger partial charge in [0.1, 0.15) is 5.69 Å². The number of nitrogens with zero attached hydrogens (tertiary/aromatic N) is 2. The number of carboxylic acid groups (broad SMARTS) is 1. The van der Waals surface area contributed by atoms with Gasteiger partial charge in [-0.1, -0.05) is 44.2 Å². The number of rotatable bonds is 5. The number of carbonyl (C=O) groups excluding carboxylic acids is 1. The number of aliphatic carboxylic acids is 1. The van der Waals surface area contributed by atoms with Gasteiger partial charge in [-0.3, -0.25) is 9.48 Å². The van der Waals surface area contributed by atoms with Crippen molar-refractivity contribution in [2.45, 2.75) is 25.8 Å². The molecule has 116 valence electrons. The minimum Gasteiger partial charge on any atom is -0.479 e. The summed E-state index contributed by atoms with van der Waals surface area (Å²) in [5.74, 6) is -1.37. The Kier molecular flexibility index (Phi) is 4.60. The minimum absolute atomic E-state index is 0.192. The van der Waals surface area contributed by atoms with Crippen LogP contribution in [0.25, 0.3) is 0 Å². The average molecular weight is 301 g/mol. The van der Waals surface area contributed by atoms with Crippen LogP contribution < -0.4 is 5.32 Å². The zero-order valence-electron chi connectivity index (χ0n) is 12.8. The van der Waals surface area contributed by atoms with Gasteiger partial charge in [0.2, 0.25) is 0 Å². The quantitative estimate of drug-likeness (QED) is 0.885. The van der Waals surface area contributed by atoms with Crippen LogP contribution in [0.4, 0.5) is 0 Å². The Bertz CT molecular complexity index is 677.